The molecule has 1 nitrogen and oxygen atoms in total. The minimum absolute atomic E-state index is 0.158. The normalized spacial score (nSPS) is 10.6. The smallest absolute Gasteiger partial charge is 0.0663 e. The van der Waals surface area contributed by atoms with Gasteiger partial charge in [-0.25, -0.2) is 0 Å². The Balaban J connectivity index is 3.40. The van der Waals surface area contributed by atoms with Gasteiger partial charge in [-0.15, -0.1) is 6.58 Å². The SMILES string of the molecule is C=CCOCP(CCC)CCC. The summed E-state index contributed by atoms with van der Waals surface area (Å²) in [5, 5.41) is 0. The fraction of sp³-hybridized carbons (Fsp3) is 0.800. The Morgan fingerprint density at radius 1 is 1.25 bits per heavy atom. The molecule has 0 saturated carbocycles. The van der Waals surface area contributed by atoms with Crippen LogP contribution in [-0.2, 0) is 4.74 Å². The van der Waals surface area contributed by atoms with Crippen molar-refractivity contribution in [3.63, 3.8) is 0 Å². The van der Waals surface area contributed by atoms with Crippen molar-refractivity contribution in [2.45, 2.75) is 26.7 Å². The molecule has 0 atom stereocenters. The monoisotopic (exact) mass is 188 g/mol. The van der Waals surface area contributed by atoms with E-state index in [1.807, 2.05) is 6.08 Å². The second-order valence-electron chi connectivity index (χ2n) is 2.91. The van der Waals surface area contributed by atoms with Crippen LogP contribution < -0.4 is 0 Å². The Kier molecular flexibility index (Phi) is 9.32. The van der Waals surface area contributed by atoms with Gasteiger partial charge >= 0.3 is 0 Å². The summed E-state index contributed by atoms with van der Waals surface area (Å²) in [7, 11) is 0.158. The molecule has 2 heteroatoms. The van der Waals surface area contributed by atoms with Crippen LogP contribution in [0.15, 0.2) is 12.7 Å². The minimum Gasteiger partial charge on any atom is -0.373 e. The van der Waals surface area contributed by atoms with Gasteiger partial charge in [0.2, 0.25) is 0 Å². The van der Waals surface area contributed by atoms with E-state index in [0.717, 1.165) is 6.35 Å². The quantitative estimate of drug-likeness (QED) is 0.322. The molecule has 0 fully saturated rings. The van der Waals surface area contributed by atoms with Gasteiger partial charge in [0.25, 0.3) is 0 Å². The Hall–Kier alpha value is 0.130. The van der Waals surface area contributed by atoms with Gasteiger partial charge in [-0.05, 0) is 12.3 Å². The van der Waals surface area contributed by atoms with Crippen molar-refractivity contribution >= 4 is 7.92 Å². The van der Waals surface area contributed by atoms with E-state index in [0.29, 0.717) is 6.61 Å². The highest BCUT2D eigenvalue weighted by Crippen LogP contribution is 2.36. The molecule has 0 aliphatic rings. The summed E-state index contributed by atoms with van der Waals surface area (Å²) in [5.74, 6) is 0. The van der Waals surface area contributed by atoms with Crippen molar-refractivity contribution in [3.8, 4) is 0 Å². The molecule has 0 saturated heterocycles. The molecule has 0 aromatic rings. The molecule has 0 heterocycles. The first kappa shape index (κ1) is 12.1. The second-order valence-corrected chi connectivity index (χ2v) is 5.40. The zero-order chi connectivity index (χ0) is 9.23. The average molecular weight is 188 g/mol. The molecular weight excluding hydrogens is 167 g/mol. The lowest BCUT2D eigenvalue weighted by molar-refractivity contribution is 0.213. The zero-order valence-corrected chi connectivity index (χ0v) is 9.28. The highest BCUT2D eigenvalue weighted by Gasteiger charge is 2.04. The van der Waals surface area contributed by atoms with Gasteiger partial charge in [0.15, 0.2) is 0 Å². The molecule has 0 aliphatic heterocycles. The van der Waals surface area contributed by atoms with Gasteiger partial charge in [0.1, 0.15) is 0 Å². The second kappa shape index (κ2) is 9.22. The average Bonchev–Trinajstić information content (AvgIpc) is 2.06. The predicted octanol–water partition coefficient (Wildman–Crippen LogP) is 3.45. The topological polar surface area (TPSA) is 9.23 Å². The van der Waals surface area contributed by atoms with Crippen LogP contribution in [0, 0.1) is 0 Å². The van der Waals surface area contributed by atoms with Gasteiger partial charge in [0, 0.05) is 0 Å². The lowest BCUT2D eigenvalue weighted by Crippen LogP contribution is -1.98. The lowest BCUT2D eigenvalue weighted by Gasteiger charge is -2.15. The van der Waals surface area contributed by atoms with Gasteiger partial charge < -0.3 is 4.74 Å². The van der Waals surface area contributed by atoms with E-state index < -0.39 is 0 Å². The van der Waals surface area contributed by atoms with Crippen molar-refractivity contribution in [1.29, 1.82) is 0 Å². The molecule has 0 rings (SSSR count). The van der Waals surface area contributed by atoms with E-state index in [2.05, 4.69) is 20.4 Å². The standard InChI is InChI=1S/C10H21OP/c1-4-7-11-10-12(8-5-2)9-6-3/h4H,1,5-10H2,2-3H3. The first-order valence-electron chi connectivity index (χ1n) is 4.76. The fourth-order valence-electron chi connectivity index (χ4n) is 1.14. The highest BCUT2D eigenvalue weighted by atomic mass is 31.1. The van der Waals surface area contributed by atoms with Crippen LogP contribution in [0.5, 0.6) is 0 Å². The molecule has 0 N–H and O–H groups in total. The zero-order valence-electron chi connectivity index (χ0n) is 8.38. The molecule has 0 aromatic carbocycles. The van der Waals surface area contributed by atoms with Crippen LogP contribution in [0.3, 0.4) is 0 Å². The molecule has 0 aromatic heterocycles. The first-order chi connectivity index (χ1) is 5.85. The largest absolute Gasteiger partial charge is 0.373 e. The van der Waals surface area contributed by atoms with Crippen molar-refractivity contribution in [1.82, 2.24) is 0 Å². The summed E-state index contributed by atoms with van der Waals surface area (Å²) in [6.07, 6.45) is 8.11. The third kappa shape index (κ3) is 6.82. The highest BCUT2D eigenvalue weighted by molar-refractivity contribution is 7.57. The van der Waals surface area contributed by atoms with E-state index >= 15 is 0 Å². The molecule has 0 spiro atoms. The van der Waals surface area contributed by atoms with Gasteiger partial charge in [0.05, 0.1) is 13.0 Å². The minimum atomic E-state index is 0.158. The van der Waals surface area contributed by atoms with Crippen LogP contribution in [0.4, 0.5) is 0 Å². The fourth-order valence-corrected chi connectivity index (χ4v) is 3.25. The molecule has 72 valence electrons. The van der Waals surface area contributed by atoms with Crippen molar-refractivity contribution in [3.05, 3.63) is 12.7 Å². The van der Waals surface area contributed by atoms with Crippen molar-refractivity contribution < 1.29 is 4.74 Å². The summed E-state index contributed by atoms with van der Waals surface area (Å²) >= 11 is 0. The number of ether oxygens (including phenoxy) is 1. The molecular formula is C10H21OP. The maximum absolute atomic E-state index is 5.46. The van der Waals surface area contributed by atoms with E-state index in [9.17, 15) is 0 Å². The Morgan fingerprint density at radius 2 is 1.83 bits per heavy atom. The van der Waals surface area contributed by atoms with E-state index in [4.69, 9.17) is 4.74 Å². The molecule has 12 heavy (non-hydrogen) atoms. The Morgan fingerprint density at radius 3 is 2.25 bits per heavy atom. The molecule has 0 radical (unpaired) electrons. The summed E-state index contributed by atoms with van der Waals surface area (Å²) in [4.78, 5) is 0. The summed E-state index contributed by atoms with van der Waals surface area (Å²) in [6.45, 7) is 8.84. The third-order valence-corrected chi connectivity index (χ3v) is 4.30. The van der Waals surface area contributed by atoms with E-state index in [1.165, 1.54) is 25.2 Å². The molecule has 0 bridgehead atoms. The summed E-state index contributed by atoms with van der Waals surface area (Å²) in [5.41, 5.74) is 0. The van der Waals surface area contributed by atoms with E-state index in [-0.39, 0.29) is 7.92 Å². The Labute approximate surface area is 77.9 Å². The Bertz CT molecular complexity index is 98.0. The molecule has 0 aliphatic carbocycles. The van der Waals surface area contributed by atoms with Crippen molar-refractivity contribution in [2.75, 3.05) is 25.3 Å². The summed E-state index contributed by atoms with van der Waals surface area (Å²) in [6, 6.07) is 0. The number of rotatable bonds is 8. The van der Waals surface area contributed by atoms with E-state index in [1.54, 1.807) is 0 Å². The molecule has 0 amide bonds. The maximum atomic E-state index is 5.46. The predicted molar refractivity (Wildman–Crippen MR) is 58.3 cm³/mol. The van der Waals surface area contributed by atoms with Crippen LogP contribution in [0.1, 0.15) is 26.7 Å². The van der Waals surface area contributed by atoms with Crippen molar-refractivity contribution in [2.24, 2.45) is 0 Å². The first-order valence-corrected chi connectivity index (χ1v) is 6.65. The van der Waals surface area contributed by atoms with Crippen LogP contribution in [0.25, 0.3) is 0 Å². The third-order valence-electron chi connectivity index (χ3n) is 1.59. The van der Waals surface area contributed by atoms with Gasteiger partial charge in [-0.1, -0.05) is 40.7 Å². The number of hydrogen-bond acceptors (Lipinski definition) is 1. The van der Waals surface area contributed by atoms with Crippen LogP contribution in [-0.4, -0.2) is 25.3 Å². The maximum Gasteiger partial charge on any atom is 0.0663 e. The van der Waals surface area contributed by atoms with Gasteiger partial charge in [-0.2, -0.15) is 0 Å². The van der Waals surface area contributed by atoms with Crippen LogP contribution >= 0.6 is 7.92 Å². The summed E-state index contributed by atoms with van der Waals surface area (Å²) < 4.78 is 5.46. The lowest BCUT2D eigenvalue weighted by atomic mass is 10.6. The van der Waals surface area contributed by atoms with Crippen LogP contribution in [0.2, 0.25) is 0 Å². The van der Waals surface area contributed by atoms with Gasteiger partial charge in [-0.3, -0.25) is 0 Å². The number of hydrogen-bond donors (Lipinski definition) is 0. The molecule has 0 unspecified atom stereocenters.